The number of benzene rings is 1. The number of halogens is 1. The Hall–Kier alpha value is -1.62. The van der Waals surface area contributed by atoms with Gasteiger partial charge in [-0.25, -0.2) is 4.39 Å². The lowest BCUT2D eigenvalue weighted by atomic mass is 9.64. The summed E-state index contributed by atoms with van der Waals surface area (Å²) in [7, 11) is 1.84. The predicted octanol–water partition coefficient (Wildman–Crippen LogP) is 3.29. The molecule has 0 bridgehead atoms. The molecule has 1 saturated carbocycles. The van der Waals surface area contributed by atoms with Crippen molar-refractivity contribution in [1.82, 2.24) is 15.5 Å². The molecule has 4 nitrogen and oxygen atoms in total. The fourth-order valence-electron chi connectivity index (χ4n) is 4.18. The Balaban J connectivity index is 1.53. The first kappa shape index (κ1) is 19.2. The van der Waals surface area contributed by atoms with Crippen molar-refractivity contribution in [1.29, 1.82) is 0 Å². The van der Waals surface area contributed by atoms with Crippen molar-refractivity contribution in [2.45, 2.75) is 63.5 Å². The molecule has 0 amide bonds. The third-order valence-electron chi connectivity index (χ3n) is 6.19. The van der Waals surface area contributed by atoms with Crippen LogP contribution in [-0.4, -0.2) is 49.6 Å². The van der Waals surface area contributed by atoms with E-state index in [0.29, 0.717) is 12.1 Å². The zero-order valence-electron chi connectivity index (χ0n) is 16.4. The minimum Gasteiger partial charge on any atom is -0.356 e. The van der Waals surface area contributed by atoms with Crippen molar-refractivity contribution in [2.24, 2.45) is 4.99 Å². The average molecular weight is 361 g/mol. The van der Waals surface area contributed by atoms with E-state index >= 15 is 0 Å². The molecule has 1 heterocycles. The van der Waals surface area contributed by atoms with E-state index in [1.54, 1.807) is 12.1 Å². The van der Waals surface area contributed by atoms with Crippen molar-refractivity contribution < 1.29 is 4.39 Å². The van der Waals surface area contributed by atoms with Gasteiger partial charge >= 0.3 is 0 Å². The van der Waals surface area contributed by atoms with Gasteiger partial charge < -0.3 is 15.5 Å². The second-order valence-electron chi connectivity index (χ2n) is 8.11. The molecule has 1 aromatic rings. The summed E-state index contributed by atoms with van der Waals surface area (Å²) in [5.74, 6) is 0.725. The van der Waals surface area contributed by atoms with Crippen LogP contribution >= 0.6 is 0 Å². The number of aliphatic imine (C=N–C) groups is 1. The number of hydrogen-bond acceptors (Lipinski definition) is 2. The van der Waals surface area contributed by atoms with Gasteiger partial charge in [-0.1, -0.05) is 18.6 Å². The van der Waals surface area contributed by atoms with E-state index in [2.05, 4.69) is 34.4 Å². The quantitative estimate of drug-likeness (QED) is 0.625. The molecule has 0 unspecified atom stereocenters. The number of hydrogen-bond donors (Lipinski definition) is 2. The van der Waals surface area contributed by atoms with Crippen molar-refractivity contribution >= 4 is 5.96 Å². The fraction of sp³-hybridized carbons (Fsp3) is 0.667. The van der Waals surface area contributed by atoms with E-state index in [9.17, 15) is 4.39 Å². The van der Waals surface area contributed by atoms with Gasteiger partial charge in [0.25, 0.3) is 0 Å². The van der Waals surface area contributed by atoms with Crippen molar-refractivity contribution in [3.05, 3.63) is 35.6 Å². The lowest BCUT2D eigenvalue weighted by molar-refractivity contribution is 0.167. The molecule has 5 heteroatoms. The number of nitrogens with one attached hydrogen (secondary N) is 2. The Morgan fingerprint density at radius 3 is 2.38 bits per heavy atom. The maximum atomic E-state index is 13.3. The van der Waals surface area contributed by atoms with E-state index in [1.165, 1.54) is 12.0 Å². The summed E-state index contributed by atoms with van der Waals surface area (Å²) < 4.78 is 13.3. The molecule has 2 N–H and O–H groups in total. The van der Waals surface area contributed by atoms with Gasteiger partial charge in [0, 0.05) is 44.2 Å². The van der Waals surface area contributed by atoms with E-state index in [1.807, 2.05) is 19.2 Å². The molecule has 1 aromatic carbocycles. The van der Waals surface area contributed by atoms with Gasteiger partial charge in [-0.2, -0.15) is 0 Å². The minimum atomic E-state index is -0.165. The van der Waals surface area contributed by atoms with Crippen LogP contribution in [0.25, 0.3) is 0 Å². The zero-order valence-corrected chi connectivity index (χ0v) is 16.4. The Labute approximate surface area is 157 Å². The summed E-state index contributed by atoms with van der Waals surface area (Å²) in [6, 6.07) is 8.14. The largest absolute Gasteiger partial charge is 0.356 e. The molecule has 2 fully saturated rings. The first-order valence-electron chi connectivity index (χ1n) is 10.00. The maximum Gasteiger partial charge on any atom is 0.191 e. The second-order valence-corrected chi connectivity index (χ2v) is 8.11. The molecular formula is C21H33FN4. The van der Waals surface area contributed by atoms with Crippen molar-refractivity contribution in [3.63, 3.8) is 0 Å². The van der Waals surface area contributed by atoms with Crippen LogP contribution in [0.1, 0.15) is 51.5 Å². The highest BCUT2D eigenvalue weighted by atomic mass is 19.1. The van der Waals surface area contributed by atoms with Crippen molar-refractivity contribution in [2.75, 3.05) is 26.7 Å². The monoisotopic (exact) mass is 360 g/mol. The summed E-state index contributed by atoms with van der Waals surface area (Å²) in [4.78, 5) is 6.96. The van der Waals surface area contributed by atoms with Gasteiger partial charge in [0.2, 0.25) is 0 Å². The number of rotatable bonds is 5. The highest BCUT2D eigenvalue weighted by Crippen LogP contribution is 2.43. The minimum absolute atomic E-state index is 0.117. The van der Waals surface area contributed by atoms with E-state index in [4.69, 9.17) is 0 Å². The lowest BCUT2D eigenvalue weighted by Crippen LogP contribution is -2.53. The molecule has 0 radical (unpaired) electrons. The topological polar surface area (TPSA) is 39.7 Å². The third-order valence-corrected chi connectivity index (χ3v) is 6.19. The molecule has 1 aliphatic carbocycles. The normalized spacial score (nSPS) is 21.5. The highest BCUT2D eigenvalue weighted by Gasteiger charge is 2.38. The van der Waals surface area contributed by atoms with Gasteiger partial charge in [-0.15, -0.1) is 0 Å². The molecular weight excluding hydrogens is 327 g/mol. The Morgan fingerprint density at radius 2 is 1.88 bits per heavy atom. The van der Waals surface area contributed by atoms with Gasteiger partial charge in [-0.3, -0.25) is 4.99 Å². The number of guanidine groups is 1. The number of likely N-dealkylation sites (tertiary alicyclic amines) is 1. The summed E-state index contributed by atoms with van der Waals surface area (Å²) >= 11 is 0. The maximum absolute atomic E-state index is 13.3. The summed E-state index contributed by atoms with van der Waals surface area (Å²) in [6.07, 6.45) is 5.84. The molecule has 26 heavy (non-hydrogen) atoms. The first-order valence-corrected chi connectivity index (χ1v) is 10.00. The number of nitrogens with zero attached hydrogens (tertiary/aromatic N) is 2. The third kappa shape index (κ3) is 4.37. The molecule has 1 aliphatic heterocycles. The van der Waals surface area contributed by atoms with Crippen LogP contribution in [0.15, 0.2) is 29.3 Å². The smallest absolute Gasteiger partial charge is 0.191 e. The number of piperidine rings is 1. The van der Waals surface area contributed by atoms with Gasteiger partial charge in [0.1, 0.15) is 5.82 Å². The van der Waals surface area contributed by atoms with Crippen LogP contribution in [-0.2, 0) is 5.41 Å². The second kappa shape index (κ2) is 8.38. The molecule has 1 saturated heterocycles. The Morgan fingerprint density at radius 1 is 1.23 bits per heavy atom. The lowest BCUT2D eigenvalue weighted by Gasteiger charge is -2.43. The van der Waals surface area contributed by atoms with E-state index in [0.717, 1.165) is 51.3 Å². The molecule has 0 aromatic heterocycles. The Bertz CT molecular complexity index is 599. The molecule has 0 spiro atoms. The fourth-order valence-corrected chi connectivity index (χ4v) is 4.18. The molecule has 2 aliphatic rings. The van der Waals surface area contributed by atoms with Crippen LogP contribution in [0.3, 0.4) is 0 Å². The van der Waals surface area contributed by atoms with Crippen LogP contribution in [0.4, 0.5) is 4.39 Å². The molecule has 144 valence electrons. The summed E-state index contributed by atoms with van der Waals surface area (Å²) in [6.45, 7) is 7.67. The summed E-state index contributed by atoms with van der Waals surface area (Å²) in [5.41, 5.74) is 1.35. The highest BCUT2D eigenvalue weighted by molar-refractivity contribution is 5.80. The van der Waals surface area contributed by atoms with E-state index < -0.39 is 0 Å². The van der Waals surface area contributed by atoms with Gasteiger partial charge in [0.15, 0.2) is 5.96 Å². The van der Waals surface area contributed by atoms with Crippen molar-refractivity contribution in [3.8, 4) is 0 Å². The van der Waals surface area contributed by atoms with Crippen LogP contribution in [0, 0.1) is 5.82 Å². The summed E-state index contributed by atoms with van der Waals surface area (Å²) in [5, 5.41) is 7.14. The first-order chi connectivity index (χ1) is 12.5. The van der Waals surface area contributed by atoms with Crippen LogP contribution < -0.4 is 10.6 Å². The SMILES string of the molecule is CN=C(NCC1(c2ccc(F)cc2)CCC1)NC1CCN(C(C)C)CC1. The van der Waals surface area contributed by atoms with Crippen LogP contribution in [0.5, 0.6) is 0 Å². The predicted molar refractivity (Wildman–Crippen MR) is 106 cm³/mol. The van der Waals surface area contributed by atoms with Gasteiger partial charge in [0.05, 0.1) is 0 Å². The zero-order chi connectivity index (χ0) is 18.6. The average Bonchev–Trinajstić information content (AvgIpc) is 2.61. The molecule has 0 atom stereocenters. The van der Waals surface area contributed by atoms with E-state index in [-0.39, 0.29) is 11.2 Å². The Kier molecular flexibility index (Phi) is 6.17. The van der Waals surface area contributed by atoms with Crippen LogP contribution in [0.2, 0.25) is 0 Å². The van der Waals surface area contributed by atoms with Gasteiger partial charge in [-0.05, 0) is 57.2 Å². The molecule has 3 rings (SSSR count). The standard InChI is InChI=1S/C21H33FN4/c1-16(2)26-13-9-19(10-14-26)25-20(23-3)24-15-21(11-4-12-21)17-5-7-18(22)8-6-17/h5-8,16,19H,4,9-15H2,1-3H3,(H2,23,24,25).